The lowest BCUT2D eigenvalue weighted by molar-refractivity contribution is -0.163. The van der Waals surface area contributed by atoms with Crippen LogP contribution in [0.3, 0.4) is 0 Å². The van der Waals surface area contributed by atoms with Gasteiger partial charge in [0.15, 0.2) is 5.78 Å². The molecular weight excluding hydrogens is 332 g/mol. The Balaban J connectivity index is 1.74. The maximum atomic E-state index is 13.0. The fourth-order valence-corrected chi connectivity index (χ4v) is 3.45. The average molecular weight is 358 g/mol. The van der Waals surface area contributed by atoms with Crippen molar-refractivity contribution < 1.29 is 23.8 Å². The number of hydrogen-bond donors (Lipinski definition) is 0. The normalized spacial score (nSPS) is 25.6. The average Bonchev–Trinajstić information content (AvgIpc) is 2.61. The summed E-state index contributed by atoms with van der Waals surface area (Å²) in [5.74, 6) is 0.311. The maximum absolute atomic E-state index is 13.0. The summed E-state index contributed by atoms with van der Waals surface area (Å²) in [5.41, 5.74) is 0.769. The smallest absolute Gasteiger partial charge is 0.311 e. The summed E-state index contributed by atoms with van der Waals surface area (Å²) in [6, 6.07) is 7.44. The zero-order valence-electron chi connectivity index (χ0n) is 15.8. The van der Waals surface area contributed by atoms with E-state index in [1.807, 2.05) is 45.0 Å². The topological polar surface area (TPSA) is 61.8 Å². The Bertz CT molecular complexity index is 728. The first-order valence-corrected chi connectivity index (χ1v) is 9.05. The van der Waals surface area contributed by atoms with Gasteiger partial charge in [-0.3, -0.25) is 9.59 Å². The number of para-hydroxylation sites is 1. The summed E-state index contributed by atoms with van der Waals surface area (Å²) in [5, 5.41) is 0. The number of benzene rings is 1. The summed E-state index contributed by atoms with van der Waals surface area (Å²) in [7, 11) is 1.59. The number of esters is 1. The molecule has 0 radical (unpaired) electrons. The second kappa shape index (κ2) is 7.14. The van der Waals surface area contributed by atoms with E-state index in [0.29, 0.717) is 30.6 Å². The molecule has 140 valence electrons. The van der Waals surface area contributed by atoms with Crippen molar-refractivity contribution in [1.29, 1.82) is 0 Å². The first-order valence-electron chi connectivity index (χ1n) is 9.05. The molecule has 0 N–H and O–H groups in total. The van der Waals surface area contributed by atoms with Gasteiger partial charge in [0.05, 0.1) is 30.3 Å². The van der Waals surface area contributed by atoms with E-state index >= 15 is 0 Å². The van der Waals surface area contributed by atoms with Crippen molar-refractivity contribution >= 4 is 17.3 Å². The Kier molecular flexibility index (Phi) is 5.08. The number of carbonyl (C=O) groups is 2. The van der Waals surface area contributed by atoms with Crippen LogP contribution in [0.5, 0.6) is 5.75 Å². The van der Waals surface area contributed by atoms with Gasteiger partial charge in [0, 0.05) is 12.0 Å². The monoisotopic (exact) mass is 358 g/mol. The van der Waals surface area contributed by atoms with Crippen LogP contribution < -0.4 is 4.74 Å². The fraction of sp³-hybridized carbons (Fsp3) is 0.524. The molecule has 0 spiro atoms. The molecule has 3 atom stereocenters. The van der Waals surface area contributed by atoms with Crippen molar-refractivity contribution in [1.82, 2.24) is 0 Å². The van der Waals surface area contributed by atoms with Gasteiger partial charge in [-0.05, 0) is 39.7 Å². The summed E-state index contributed by atoms with van der Waals surface area (Å²) in [4.78, 5) is 25.1. The van der Waals surface area contributed by atoms with E-state index < -0.39 is 5.41 Å². The number of ether oxygens (including phenoxy) is 3. The SMILES string of the molecule is COc1ccccc1C1=COC2CC(OC(=O)C(C)(C)C)CCC2C1=O. The van der Waals surface area contributed by atoms with Gasteiger partial charge in [-0.2, -0.15) is 0 Å². The molecule has 3 rings (SSSR count). The van der Waals surface area contributed by atoms with Crippen molar-refractivity contribution in [2.45, 2.75) is 52.2 Å². The number of carbonyl (C=O) groups excluding carboxylic acids is 2. The highest BCUT2D eigenvalue weighted by Crippen LogP contribution is 2.39. The standard InChI is InChI=1S/C21H26O5/c1-21(2,3)20(23)26-13-9-10-15-18(11-13)25-12-16(19(15)22)14-7-5-6-8-17(14)24-4/h5-8,12-13,15,18H,9-11H2,1-4H3. The van der Waals surface area contributed by atoms with Crippen molar-refractivity contribution in [2.75, 3.05) is 7.11 Å². The molecule has 1 heterocycles. The van der Waals surface area contributed by atoms with Gasteiger partial charge >= 0.3 is 5.97 Å². The van der Waals surface area contributed by atoms with Crippen LogP contribution in [-0.2, 0) is 19.1 Å². The summed E-state index contributed by atoms with van der Waals surface area (Å²) < 4.78 is 16.9. The van der Waals surface area contributed by atoms with Gasteiger partial charge in [0.1, 0.15) is 18.0 Å². The van der Waals surface area contributed by atoms with Crippen LogP contribution in [0.2, 0.25) is 0 Å². The second-order valence-corrected chi connectivity index (χ2v) is 7.97. The lowest BCUT2D eigenvalue weighted by atomic mass is 9.77. The van der Waals surface area contributed by atoms with Gasteiger partial charge in [-0.15, -0.1) is 0 Å². The molecular formula is C21H26O5. The van der Waals surface area contributed by atoms with E-state index in [2.05, 4.69) is 0 Å². The molecule has 1 aromatic rings. The van der Waals surface area contributed by atoms with E-state index in [4.69, 9.17) is 14.2 Å². The number of allylic oxidation sites excluding steroid dienone is 1. The third-order valence-corrected chi connectivity index (χ3v) is 4.99. The molecule has 5 heteroatoms. The second-order valence-electron chi connectivity index (χ2n) is 7.97. The van der Waals surface area contributed by atoms with Crippen LogP contribution in [0.15, 0.2) is 30.5 Å². The van der Waals surface area contributed by atoms with E-state index in [1.165, 1.54) is 6.26 Å². The van der Waals surface area contributed by atoms with Crippen molar-refractivity contribution in [3.8, 4) is 5.75 Å². The quantitative estimate of drug-likeness (QED) is 0.770. The number of fused-ring (bicyclic) bond motifs is 1. The van der Waals surface area contributed by atoms with Gasteiger partial charge in [0.25, 0.3) is 0 Å². The molecule has 3 unspecified atom stereocenters. The molecule has 1 aliphatic heterocycles. The van der Waals surface area contributed by atoms with Crippen LogP contribution in [0.1, 0.15) is 45.6 Å². The fourth-order valence-electron chi connectivity index (χ4n) is 3.45. The first-order chi connectivity index (χ1) is 12.3. The summed E-state index contributed by atoms with van der Waals surface area (Å²) in [6.45, 7) is 5.51. The molecule has 0 aromatic heterocycles. The molecule has 0 bridgehead atoms. The van der Waals surface area contributed by atoms with Crippen molar-refractivity contribution in [3.05, 3.63) is 36.1 Å². The number of ketones is 1. The third-order valence-electron chi connectivity index (χ3n) is 4.99. The Morgan fingerprint density at radius 3 is 2.62 bits per heavy atom. The minimum absolute atomic E-state index is 0.0753. The zero-order chi connectivity index (χ0) is 18.9. The Labute approximate surface area is 154 Å². The highest BCUT2D eigenvalue weighted by Gasteiger charge is 2.42. The van der Waals surface area contributed by atoms with E-state index in [-0.39, 0.29) is 29.9 Å². The van der Waals surface area contributed by atoms with Gasteiger partial charge < -0.3 is 14.2 Å². The van der Waals surface area contributed by atoms with Crippen molar-refractivity contribution in [2.24, 2.45) is 11.3 Å². The van der Waals surface area contributed by atoms with Crippen LogP contribution >= 0.6 is 0 Å². The molecule has 5 nitrogen and oxygen atoms in total. The van der Waals surface area contributed by atoms with Gasteiger partial charge in [-0.1, -0.05) is 18.2 Å². The molecule has 1 fully saturated rings. The van der Waals surface area contributed by atoms with Crippen LogP contribution in [0, 0.1) is 11.3 Å². The highest BCUT2D eigenvalue weighted by molar-refractivity contribution is 6.22. The van der Waals surface area contributed by atoms with Crippen LogP contribution in [0.4, 0.5) is 0 Å². The van der Waals surface area contributed by atoms with E-state index in [1.54, 1.807) is 7.11 Å². The maximum Gasteiger partial charge on any atom is 0.311 e. The van der Waals surface area contributed by atoms with Crippen LogP contribution in [-0.4, -0.2) is 31.1 Å². The minimum Gasteiger partial charge on any atom is -0.496 e. The predicted octanol–water partition coefficient (Wildman–Crippen LogP) is 3.76. The number of hydrogen-bond acceptors (Lipinski definition) is 5. The molecule has 2 aliphatic rings. The number of Topliss-reactive ketones (excluding diaryl/α,β-unsaturated/α-hetero) is 1. The molecule has 0 amide bonds. The molecule has 0 saturated heterocycles. The van der Waals surface area contributed by atoms with Gasteiger partial charge in [0.2, 0.25) is 0 Å². The van der Waals surface area contributed by atoms with Crippen molar-refractivity contribution in [3.63, 3.8) is 0 Å². The largest absolute Gasteiger partial charge is 0.496 e. The summed E-state index contributed by atoms with van der Waals surface area (Å²) in [6.07, 6.45) is 2.97. The first kappa shape index (κ1) is 18.5. The predicted molar refractivity (Wildman–Crippen MR) is 97.5 cm³/mol. The third kappa shape index (κ3) is 3.62. The Morgan fingerprint density at radius 1 is 1.19 bits per heavy atom. The molecule has 1 saturated carbocycles. The Hall–Kier alpha value is -2.30. The lowest BCUT2D eigenvalue weighted by Crippen LogP contribution is -2.42. The molecule has 1 aromatic carbocycles. The molecule has 1 aliphatic carbocycles. The minimum atomic E-state index is -0.531. The zero-order valence-corrected chi connectivity index (χ0v) is 15.8. The molecule has 26 heavy (non-hydrogen) atoms. The lowest BCUT2D eigenvalue weighted by Gasteiger charge is -2.38. The number of rotatable bonds is 3. The number of methoxy groups -OCH3 is 1. The van der Waals surface area contributed by atoms with E-state index in [0.717, 1.165) is 5.56 Å². The highest BCUT2D eigenvalue weighted by atomic mass is 16.5. The Morgan fingerprint density at radius 2 is 1.92 bits per heavy atom. The van der Waals surface area contributed by atoms with Crippen LogP contribution in [0.25, 0.3) is 5.57 Å². The van der Waals surface area contributed by atoms with Gasteiger partial charge in [-0.25, -0.2) is 0 Å². The summed E-state index contributed by atoms with van der Waals surface area (Å²) >= 11 is 0. The van der Waals surface area contributed by atoms with E-state index in [9.17, 15) is 9.59 Å².